The summed E-state index contributed by atoms with van der Waals surface area (Å²) >= 11 is 3.58. The first-order chi connectivity index (χ1) is 10.3. The van der Waals surface area contributed by atoms with Crippen molar-refractivity contribution < 1.29 is 0 Å². The van der Waals surface area contributed by atoms with Crippen LogP contribution in [0.25, 0.3) is 0 Å². The number of nitrogens with zero attached hydrogens (tertiary/aromatic N) is 1. The highest BCUT2D eigenvalue weighted by Crippen LogP contribution is 2.35. The number of benzene rings is 1. The van der Waals surface area contributed by atoms with Crippen LogP contribution in [0.4, 0.5) is 5.69 Å². The lowest BCUT2D eigenvalue weighted by molar-refractivity contribution is 0.286. The number of hydrogen-bond donors (Lipinski definition) is 2. The molecule has 0 spiro atoms. The lowest BCUT2D eigenvalue weighted by atomic mass is 9.88. The molecule has 0 radical (unpaired) electrons. The van der Waals surface area contributed by atoms with Gasteiger partial charge in [-0.2, -0.15) is 5.26 Å². The molecule has 0 bridgehead atoms. The van der Waals surface area contributed by atoms with Gasteiger partial charge < -0.3 is 10.6 Å². The van der Waals surface area contributed by atoms with Crippen molar-refractivity contribution in [3.63, 3.8) is 0 Å². The van der Waals surface area contributed by atoms with E-state index in [-0.39, 0.29) is 0 Å². The van der Waals surface area contributed by atoms with Crippen LogP contribution in [0.2, 0.25) is 0 Å². The summed E-state index contributed by atoms with van der Waals surface area (Å²) in [6, 6.07) is 9.20. The molecule has 0 amide bonds. The number of halogens is 1. The number of piperidine rings is 1. The van der Waals surface area contributed by atoms with Crippen molar-refractivity contribution in [3.05, 3.63) is 28.2 Å². The van der Waals surface area contributed by atoms with E-state index in [1.165, 1.54) is 45.1 Å². The average Bonchev–Trinajstić information content (AvgIpc) is 2.98. The Kier molecular flexibility index (Phi) is 4.82. The van der Waals surface area contributed by atoms with Crippen LogP contribution in [0.3, 0.4) is 0 Å². The summed E-state index contributed by atoms with van der Waals surface area (Å²) in [5.41, 5.74) is 1.81. The fourth-order valence-corrected chi connectivity index (χ4v) is 4.29. The second kappa shape index (κ2) is 6.81. The topological polar surface area (TPSA) is 47.9 Å². The van der Waals surface area contributed by atoms with E-state index in [0.29, 0.717) is 17.6 Å². The molecule has 21 heavy (non-hydrogen) atoms. The Morgan fingerprint density at radius 3 is 2.81 bits per heavy atom. The summed E-state index contributed by atoms with van der Waals surface area (Å²) in [6.45, 7) is 1.18. The van der Waals surface area contributed by atoms with Gasteiger partial charge in [-0.05, 0) is 72.3 Å². The molecule has 1 aromatic rings. The third kappa shape index (κ3) is 3.41. The SMILES string of the molecule is N#Cc1ccc(NC2CCCC2C2CCCCN2)c(Br)c1. The summed E-state index contributed by atoms with van der Waals surface area (Å²) < 4.78 is 0.990. The highest BCUT2D eigenvalue weighted by molar-refractivity contribution is 9.10. The monoisotopic (exact) mass is 347 g/mol. The van der Waals surface area contributed by atoms with Crippen LogP contribution in [0.15, 0.2) is 22.7 Å². The smallest absolute Gasteiger partial charge is 0.0992 e. The standard InChI is InChI=1S/C17H22BrN3/c18-14-10-12(11-19)7-8-17(14)21-16-6-3-4-13(16)15-5-1-2-9-20-15/h7-8,10,13,15-16,20-21H,1-6,9H2. The lowest BCUT2D eigenvalue weighted by Gasteiger charge is -2.33. The zero-order valence-corrected chi connectivity index (χ0v) is 13.8. The molecule has 0 aromatic heterocycles. The molecule has 3 unspecified atom stereocenters. The van der Waals surface area contributed by atoms with Crippen LogP contribution in [0.5, 0.6) is 0 Å². The van der Waals surface area contributed by atoms with Crippen molar-refractivity contribution in [1.29, 1.82) is 5.26 Å². The fourth-order valence-electron chi connectivity index (χ4n) is 3.80. The van der Waals surface area contributed by atoms with Gasteiger partial charge in [-0.3, -0.25) is 0 Å². The number of nitrogens with one attached hydrogen (secondary N) is 2. The van der Waals surface area contributed by atoms with Gasteiger partial charge in [0.15, 0.2) is 0 Å². The zero-order chi connectivity index (χ0) is 14.7. The van der Waals surface area contributed by atoms with Crippen molar-refractivity contribution >= 4 is 21.6 Å². The van der Waals surface area contributed by atoms with Crippen LogP contribution in [-0.2, 0) is 0 Å². The Bertz CT molecular complexity index is 531. The van der Waals surface area contributed by atoms with Gasteiger partial charge in [0, 0.05) is 22.2 Å². The molecule has 112 valence electrons. The first-order valence-electron chi connectivity index (χ1n) is 7.97. The Hall–Kier alpha value is -1.05. The third-order valence-corrected chi connectivity index (χ3v) is 5.53. The van der Waals surface area contributed by atoms with Gasteiger partial charge in [0.1, 0.15) is 0 Å². The largest absolute Gasteiger partial charge is 0.381 e. The third-order valence-electron chi connectivity index (χ3n) is 4.87. The quantitative estimate of drug-likeness (QED) is 0.867. The van der Waals surface area contributed by atoms with Gasteiger partial charge in [-0.25, -0.2) is 0 Å². The minimum atomic E-state index is 0.546. The highest BCUT2D eigenvalue weighted by Gasteiger charge is 2.34. The van der Waals surface area contributed by atoms with E-state index >= 15 is 0 Å². The normalized spacial score (nSPS) is 29.0. The molecular weight excluding hydrogens is 326 g/mol. The van der Waals surface area contributed by atoms with E-state index in [2.05, 4.69) is 32.6 Å². The van der Waals surface area contributed by atoms with E-state index in [4.69, 9.17) is 5.26 Å². The molecule has 3 atom stereocenters. The minimum Gasteiger partial charge on any atom is -0.381 e. The van der Waals surface area contributed by atoms with Gasteiger partial charge in [0.2, 0.25) is 0 Å². The molecule has 3 rings (SSSR count). The van der Waals surface area contributed by atoms with Gasteiger partial charge in [-0.15, -0.1) is 0 Å². The Balaban J connectivity index is 1.70. The number of nitriles is 1. The molecule has 1 aliphatic heterocycles. The Labute approximate surface area is 135 Å². The van der Waals surface area contributed by atoms with E-state index < -0.39 is 0 Å². The second-order valence-electron chi connectivity index (χ2n) is 6.21. The van der Waals surface area contributed by atoms with Gasteiger partial charge in [0.05, 0.1) is 11.6 Å². The van der Waals surface area contributed by atoms with E-state index in [9.17, 15) is 0 Å². The van der Waals surface area contributed by atoms with Crippen LogP contribution in [-0.4, -0.2) is 18.6 Å². The maximum atomic E-state index is 8.95. The first kappa shape index (κ1) is 14.9. The number of rotatable bonds is 3. The molecule has 2 aliphatic rings. The van der Waals surface area contributed by atoms with Crippen LogP contribution in [0, 0.1) is 17.2 Å². The molecular formula is C17H22BrN3. The molecule has 1 saturated heterocycles. The Morgan fingerprint density at radius 1 is 1.19 bits per heavy atom. The highest BCUT2D eigenvalue weighted by atomic mass is 79.9. The average molecular weight is 348 g/mol. The van der Waals surface area contributed by atoms with Crippen molar-refractivity contribution in [2.24, 2.45) is 5.92 Å². The number of anilines is 1. The summed E-state index contributed by atoms with van der Waals surface area (Å²) in [7, 11) is 0. The van der Waals surface area contributed by atoms with Gasteiger partial charge in [0.25, 0.3) is 0 Å². The van der Waals surface area contributed by atoms with E-state index in [1.807, 2.05) is 18.2 Å². The molecule has 1 aromatic carbocycles. The number of hydrogen-bond acceptors (Lipinski definition) is 3. The van der Waals surface area contributed by atoms with Crippen molar-refractivity contribution in [3.8, 4) is 6.07 Å². The zero-order valence-electron chi connectivity index (χ0n) is 12.2. The maximum Gasteiger partial charge on any atom is 0.0992 e. The fraction of sp³-hybridized carbons (Fsp3) is 0.588. The van der Waals surface area contributed by atoms with Crippen LogP contribution in [0.1, 0.15) is 44.1 Å². The van der Waals surface area contributed by atoms with Crippen LogP contribution >= 0.6 is 15.9 Å². The van der Waals surface area contributed by atoms with Crippen molar-refractivity contribution in [1.82, 2.24) is 5.32 Å². The second-order valence-corrected chi connectivity index (χ2v) is 7.06. The molecule has 1 heterocycles. The first-order valence-corrected chi connectivity index (χ1v) is 8.77. The molecule has 1 aliphatic carbocycles. The molecule has 4 heteroatoms. The lowest BCUT2D eigenvalue weighted by Crippen LogP contribution is -2.44. The summed E-state index contributed by atoms with van der Waals surface area (Å²) in [6.07, 6.45) is 7.88. The molecule has 3 nitrogen and oxygen atoms in total. The predicted octanol–water partition coefficient (Wildman–Crippen LogP) is 4.04. The van der Waals surface area contributed by atoms with Crippen LogP contribution < -0.4 is 10.6 Å². The van der Waals surface area contributed by atoms with E-state index in [1.54, 1.807) is 0 Å². The van der Waals surface area contributed by atoms with Gasteiger partial charge in [-0.1, -0.05) is 12.8 Å². The summed E-state index contributed by atoms with van der Waals surface area (Å²) in [5, 5.41) is 16.4. The summed E-state index contributed by atoms with van der Waals surface area (Å²) in [5.74, 6) is 0.729. The Morgan fingerprint density at radius 2 is 2.10 bits per heavy atom. The maximum absolute atomic E-state index is 8.95. The van der Waals surface area contributed by atoms with Crippen molar-refractivity contribution in [2.45, 2.75) is 50.6 Å². The predicted molar refractivity (Wildman–Crippen MR) is 89.3 cm³/mol. The molecule has 2 fully saturated rings. The summed E-state index contributed by atoms with van der Waals surface area (Å²) in [4.78, 5) is 0. The minimum absolute atomic E-state index is 0.546. The molecule has 1 saturated carbocycles. The van der Waals surface area contributed by atoms with E-state index in [0.717, 1.165) is 16.1 Å². The van der Waals surface area contributed by atoms with Gasteiger partial charge >= 0.3 is 0 Å². The van der Waals surface area contributed by atoms with Crippen molar-refractivity contribution in [2.75, 3.05) is 11.9 Å². The molecule has 2 N–H and O–H groups in total.